The highest BCUT2D eigenvalue weighted by atomic mass is 32.2. The average Bonchev–Trinajstić information content (AvgIpc) is 3.26. The number of hydrogen-bond acceptors (Lipinski definition) is 9. The van der Waals surface area contributed by atoms with E-state index in [2.05, 4.69) is 20.8 Å². The van der Waals surface area contributed by atoms with Crippen LogP contribution in [0.5, 0.6) is 17.2 Å². The Balaban J connectivity index is 1.21. The number of nitrogens with one attached hydrogen (secondary N) is 2. The third-order valence-corrected chi connectivity index (χ3v) is 6.48. The van der Waals surface area contributed by atoms with Gasteiger partial charge in [0.1, 0.15) is 19.0 Å². The number of thioether (sulfide) groups is 1. The first kappa shape index (κ1) is 22.2. The number of rotatable bonds is 10. The van der Waals surface area contributed by atoms with Gasteiger partial charge in [0.25, 0.3) is 0 Å². The number of fused-ring (bicyclic) bond motifs is 1. The van der Waals surface area contributed by atoms with Gasteiger partial charge >= 0.3 is 0 Å². The van der Waals surface area contributed by atoms with Crippen molar-refractivity contribution in [3.63, 3.8) is 0 Å². The molecular formula is C22H24N4O4S2. The first-order chi connectivity index (χ1) is 15.7. The van der Waals surface area contributed by atoms with Crippen molar-refractivity contribution in [3.05, 3.63) is 48.0 Å². The standard InChI is InChI=1S/C22H24N4O4S2/c1-2-28-17-6-4-3-5-16(17)24-21-25-26-22(32-21)31-14-20(27)23-10-9-15-7-8-18-19(13-15)30-12-11-29-18/h3-8,13H,2,9-12,14H2,1H3,(H,23,27)(H,24,25). The van der Waals surface area contributed by atoms with E-state index >= 15 is 0 Å². The van der Waals surface area contributed by atoms with Gasteiger partial charge in [-0.25, -0.2) is 0 Å². The summed E-state index contributed by atoms with van der Waals surface area (Å²) in [4.78, 5) is 12.2. The monoisotopic (exact) mass is 472 g/mol. The van der Waals surface area contributed by atoms with Crippen LogP contribution < -0.4 is 24.8 Å². The Morgan fingerprint density at radius 3 is 2.88 bits per heavy atom. The number of carbonyl (C=O) groups excluding carboxylic acids is 1. The zero-order chi connectivity index (χ0) is 22.2. The lowest BCUT2D eigenvalue weighted by molar-refractivity contribution is -0.118. The molecule has 4 rings (SSSR count). The van der Waals surface area contributed by atoms with Crippen molar-refractivity contribution in [1.29, 1.82) is 0 Å². The molecule has 1 aliphatic rings. The number of aromatic nitrogens is 2. The minimum Gasteiger partial charge on any atom is -0.492 e. The highest BCUT2D eigenvalue weighted by Gasteiger charge is 2.13. The number of amides is 1. The molecular weight excluding hydrogens is 448 g/mol. The quantitative estimate of drug-likeness (QED) is 0.429. The maximum absolute atomic E-state index is 12.2. The first-order valence-electron chi connectivity index (χ1n) is 10.3. The van der Waals surface area contributed by atoms with E-state index in [1.807, 2.05) is 49.4 Å². The van der Waals surface area contributed by atoms with Crippen molar-refractivity contribution in [2.75, 3.05) is 37.4 Å². The Morgan fingerprint density at radius 1 is 1.16 bits per heavy atom. The highest BCUT2D eigenvalue weighted by Crippen LogP contribution is 2.32. The van der Waals surface area contributed by atoms with E-state index in [4.69, 9.17) is 14.2 Å². The molecule has 0 radical (unpaired) electrons. The molecule has 2 aromatic carbocycles. The molecule has 0 aliphatic carbocycles. The summed E-state index contributed by atoms with van der Waals surface area (Å²) in [7, 11) is 0. The number of benzene rings is 2. The molecule has 1 aliphatic heterocycles. The Hall–Kier alpha value is -2.98. The first-order valence-corrected chi connectivity index (χ1v) is 12.1. The maximum Gasteiger partial charge on any atom is 0.230 e. The second kappa shape index (κ2) is 11.1. The molecule has 168 valence electrons. The summed E-state index contributed by atoms with van der Waals surface area (Å²) in [5.41, 5.74) is 1.92. The molecule has 8 nitrogen and oxygen atoms in total. The van der Waals surface area contributed by atoms with Crippen molar-refractivity contribution in [3.8, 4) is 17.2 Å². The summed E-state index contributed by atoms with van der Waals surface area (Å²) >= 11 is 2.76. The van der Waals surface area contributed by atoms with Crippen LogP contribution in [0.2, 0.25) is 0 Å². The zero-order valence-corrected chi connectivity index (χ0v) is 19.3. The smallest absolute Gasteiger partial charge is 0.230 e. The third kappa shape index (κ3) is 6.04. The van der Waals surface area contributed by atoms with Gasteiger partial charge in [-0.05, 0) is 43.2 Å². The molecule has 0 bridgehead atoms. The molecule has 1 amide bonds. The maximum atomic E-state index is 12.2. The zero-order valence-electron chi connectivity index (χ0n) is 17.6. The van der Waals surface area contributed by atoms with Crippen molar-refractivity contribution < 1.29 is 19.0 Å². The molecule has 10 heteroatoms. The molecule has 0 spiro atoms. The Bertz CT molecular complexity index is 1060. The van der Waals surface area contributed by atoms with E-state index in [1.165, 1.54) is 23.1 Å². The van der Waals surface area contributed by atoms with E-state index in [0.717, 1.165) is 39.3 Å². The molecule has 0 fully saturated rings. The SMILES string of the molecule is CCOc1ccccc1Nc1nnc(SCC(=O)NCCc2ccc3c(c2)OCCO3)s1. The predicted molar refractivity (Wildman–Crippen MR) is 126 cm³/mol. The fourth-order valence-corrected chi connectivity index (χ4v) is 4.65. The molecule has 2 N–H and O–H groups in total. The van der Waals surface area contributed by atoms with Crippen LogP contribution in [0.15, 0.2) is 46.8 Å². The van der Waals surface area contributed by atoms with Crippen molar-refractivity contribution >= 4 is 39.8 Å². The summed E-state index contributed by atoms with van der Waals surface area (Å²) in [6, 6.07) is 13.5. The fourth-order valence-electron chi connectivity index (χ4n) is 3.05. The molecule has 32 heavy (non-hydrogen) atoms. The Labute approximate surface area is 194 Å². The van der Waals surface area contributed by atoms with E-state index in [9.17, 15) is 4.79 Å². The van der Waals surface area contributed by atoms with Crippen LogP contribution in [-0.4, -0.2) is 48.2 Å². The summed E-state index contributed by atoms with van der Waals surface area (Å²) < 4.78 is 17.5. The van der Waals surface area contributed by atoms with Crippen LogP contribution in [0.3, 0.4) is 0 Å². The second-order valence-electron chi connectivity index (χ2n) is 6.79. The number of carbonyl (C=O) groups is 1. The minimum atomic E-state index is -0.0426. The van der Waals surface area contributed by atoms with Crippen molar-refractivity contribution in [2.45, 2.75) is 17.7 Å². The molecule has 0 saturated heterocycles. The van der Waals surface area contributed by atoms with Crippen LogP contribution in [-0.2, 0) is 11.2 Å². The van der Waals surface area contributed by atoms with Gasteiger partial charge in [-0.15, -0.1) is 10.2 Å². The van der Waals surface area contributed by atoms with Crippen LogP contribution in [0.1, 0.15) is 12.5 Å². The Kier molecular flexibility index (Phi) is 7.68. The lowest BCUT2D eigenvalue weighted by Gasteiger charge is -2.18. The van der Waals surface area contributed by atoms with E-state index in [1.54, 1.807) is 0 Å². The molecule has 0 atom stereocenters. The van der Waals surface area contributed by atoms with Crippen LogP contribution >= 0.6 is 23.1 Å². The molecule has 3 aromatic rings. The summed E-state index contributed by atoms with van der Waals surface area (Å²) in [6.45, 7) is 4.22. The van der Waals surface area contributed by atoms with Crippen LogP contribution in [0, 0.1) is 0 Å². The van der Waals surface area contributed by atoms with Gasteiger partial charge in [0.15, 0.2) is 15.8 Å². The number of anilines is 2. The van der Waals surface area contributed by atoms with Gasteiger partial charge < -0.3 is 24.8 Å². The molecule has 2 heterocycles. The lowest BCUT2D eigenvalue weighted by atomic mass is 10.1. The topological polar surface area (TPSA) is 94.6 Å². The fraction of sp³-hybridized carbons (Fsp3) is 0.318. The minimum absolute atomic E-state index is 0.0426. The van der Waals surface area contributed by atoms with Crippen LogP contribution in [0.25, 0.3) is 0 Å². The van der Waals surface area contributed by atoms with Gasteiger partial charge in [-0.1, -0.05) is 41.3 Å². The van der Waals surface area contributed by atoms with Crippen molar-refractivity contribution in [2.24, 2.45) is 0 Å². The lowest BCUT2D eigenvalue weighted by Crippen LogP contribution is -2.27. The molecule has 1 aromatic heterocycles. The van der Waals surface area contributed by atoms with Gasteiger partial charge in [0.05, 0.1) is 18.0 Å². The van der Waals surface area contributed by atoms with E-state index < -0.39 is 0 Å². The molecule has 0 unspecified atom stereocenters. The average molecular weight is 473 g/mol. The highest BCUT2D eigenvalue weighted by molar-refractivity contribution is 8.01. The second-order valence-corrected chi connectivity index (χ2v) is 8.99. The molecule has 0 saturated carbocycles. The number of ether oxygens (including phenoxy) is 3. The van der Waals surface area contributed by atoms with Crippen molar-refractivity contribution in [1.82, 2.24) is 15.5 Å². The summed E-state index contributed by atoms with van der Waals surface area (Å²) in [5.74, 6) is 2.54. The summed E-state index contributed by atoms with van der Waals surface area (Å²) in [5, 5.41) is 15.1. The largest absolute Gasteiger partial charge is 0.492 e. The Morgan fingerprint density at radius 2 is 2.00 bits per heavy atom. The number of para-hydroxylation sites is 2. The van der Waals surface area contributed by atoms with Gasteiger partial charge in [0.2, 0.25) is 11.0 Å². The third-order valence-electron chi connectivity index (χ3n) is 4.50. The van der Waals surface area contributed by atoms with Gasteiger partial charge in [-0.3, -0.25) is 4.79 Å². The normalized spacial score (nSPS) is 12.3. The van der Waals surface area contributed by atoms with Gasteiger partial charge in [-0.2, -0.15) is 0 Å². The van der Waals surface area contributed by atoms with E-state index in [-0.39, 0.29) is 11.7 Å². The number of nitrogens with zero attached hydrogens (tertiary/aromatic N) is 2. The van der Waals surface area contributed by atoms with Gasteiger partial charge in [0, 0.05) is 6.54 Å². The van der Waals surface area contributed by atoms with Crippen LogP contribution in [0.4, 0.5) is 10.8 Å². The van der Waals surface area contributed by atoms with E-state index in [0.29, 0.717) is 31.5 Å². The predicted octanol–water partition coefficient (Wildman–Crippen LogP) is 3.90. The number of hydrogen-bond donors (Lipinski definition) is 2. The summed E-state index contributed by atoms with van der Waals surface area (Å²) in [6.07, 6.45) is 0.721.